The van der Waals surface area contributed by atoms with Gasteiger partial charge in [0.1, 0.15) is 12.4 Å². The maximum atomic E-state index is 12.5. The Bertz CT molecular complexity index is 927. The van der Waals surface area contributed by atoms with E-state index in [-0.39, 0.29) is 6.03 Å². The molecule has 0 radical (unpaired) electrons. The maximum Gasteiger partial charge on any atom is 0.337 e. The second-order valence-corrected chi connectivity index (χ2v) is 7.30. The van der Waals surface area contributed by atoms with E-state index in [2.05, 4.69) is 21.2 Å². The fourth-order valence-electron chi connectivity index (χ4n) is 3.05. The molecule has 0 aliphatic carbocycles. The van der Waals surface area contributed by atoms with E-state index in [1.807, 2.05) is 48.5 Å². The Balaban J connectivity index is 2.02. The average Bonchev–Trinajstić information content (AvgIpc) is 2.71. The number of halogens is 1. The number of methoxy groups -OCH3 is 1. The molecule has 0 saturated carbocycles. The number of carbonyl (C=O) groups is 2. The highest BCUT2D eigenvalue weighted by Crippen LogP contribution is 2.37. The molecule has 7 heteroatoms. The van der Waals surface area contributed by atoms with Gasteiger partial charge in [0.2, 0.25) is 0 Å². The Hall–Kier alpha value is -2.80. The van der Waals surface area contributed by atoms with Gasteiger partial charge in [-0.25, -0.2) is 9.59 Å². The van der Waals surface area contributed by atoms with Crippen LogP contribution in [-0.2, 0) is 16.1 Å². The van der Waals surface area contributed by atoms with Crippen molar-refractivity contribution in [2.24, 2.45) is 0 Å². The molecule has 146 valence electrons. The number of hydrogen-bond donors (Lipinski definition) is 1. The van der Waals surface area contributed by atoms with Gasteiger partial charge in [0.25, 0.3) is 0 Å². The minimum absolute atomic E-state index is 0.302. The van der Waals surface area contributed by atoms with Gasteiger partial charge in [0.05, 0.1) is 18.7 Å². The molecule has 0 unspecified atom stereocenters. The van der Waals surface area contributed by atoms with Gasteiger partial charge in [0.15, 0.2) is 0 Å². The zero-order chi connectivity index (χ0) is 20.3. The SMILES string of the molecule is COC(=O)C1=C(C)N(C)C(=O)N[C@H]1c1cc(Br)ccc1OCc1ccccc1. The molecule has 2 aromatic rings. The van der Waals surface area contributed by atoms with Crippen LogP contribution in [0.1, 0.15) is 24.1 Å². The van der Waals surface area contributed by atoms with E-state index in [0.29, 0.717) is 29.2 Å². The van der Waals surface area contributed by atoms with E-state index in [1.165, 1.54) is 12.0 Å². The molecule has 1 aliphatic rings. The molecular weight excluding hydrogens is 424 g/mol. The number of benzene rings is 2. The highest BCUT2D eigenvalue weighted by atomic mass is 79.9. The van der Waals surface area contributed by atoms with E-state index in [4.69, 9.17) is 9.47 Å². The van der Waals surface area contributed by atoms with Crippen LogP contribution in [0.15, 0.2) is 64.3 Å². The van der Waals surface area contributed by atoms with Crippen LogP contribution in [0, 0.1) is 0 Å². The van der Waals surface area contributed by atoms with Crippen LogP contribution >= 0.6 is 15.9 Å². The lowest BCUT2D eigenvalue weighted by Gasteiger charge is -2.33. The summed E-state index contributed by atoms with van der Waals surface area (Å²) in [5.74, 6) is 0.0828. The number of nitrogens with zero attached hydrogens (tertiary/aromatic N) is 1. The normalized spacial score (nSPS) is 16.6. The van der Waals surface area contributed by atoms with Gasteiger partial charge in [-0.1, -0.05) is 46.3 Å². The van der Waals surface area contributed by atoms with E-state index >= 15 is 0 Å². The molecule has 2 amide bonds. The van der Waals surface area contributed by atoms with E-state index in [9.17, 15) is 9.59 Å². The molecule has 1 atom stereocenters. The molecular formula is C21H21BrN2O4. The first kappa shape index (κ1) is 19.9. The van der Waals surface area contributed by atoms with Gasteiger partial charge in [-0.15, -0.1) is 0 Å². The second-order valence-electron chi connectivity index (χ2n) is 6.39. The Morgan fingerprint density at radius 3 is 2.61 bits per heavy atom. The first-order chi connectivity index (χ1) is 13.4. The first-order valence-electron chi connectivity index (χ1n) is 8.72. The van der Waals surface area contributed by atoms with Crippen molar-refractivity contribution >= 4 is 27.9 Å². The lowest BCUT2D eigenvalue weighted by atomic mass is 9.94. The quantitative estimate of drug-likeness (QED) is 0.702. The summed E-state index contributed by atoms with van der Waals surface area (Å²) in [6.07, 6.45) is 0. The molecule has 1 N–H and O–H groups in total. The minimum atomic E-state index is -0.681. The molecule has 0 aromatic heterocycles. The largest absolute Gasteiger partial charge is 0.489 e. The van der Waals surface area contributed by atoms with Crippen molar-refractivity contribution in [3.63, 3.8) is 0 Å². The summed E-state index contributed by atoms with van der Waals surface area (Å²) in [4.78, 5) is 26.3. The summed E-state index contributed by atoms with van der Waals surface area (Å²) in [7, 11) is 2.93. The van der Waals surface area contributed by atoms with Crippen molar-refractivity contribution < 1.29 is 19.1 Å². The number of allylic oxidation sites excluding steroid dienone is 1. The number of hydrogen-bond acceptors (Lipinski definition) is 4. The van der Waals surface area contributed by atoms with Crippen molar-refractivity contribution in [2.75, 3.05) is 14.2 Å². The fourth-order valence-corrected chi connectivity index (χ4v) is 3.43. The van der Waals surface area contributed by atoms with Crippen molar-refractivity contribution in [3.8, 4) is 5.75 Å². The first-order valence-corrected chi connectivity index (χ1v) is 9.51. The maximum absolute atomic E-state index is 12.5. The smallest absolute Gasteiger partial charge is 0.337 e. The number of ether oxygens (including phenoxy) is 2. The number of esters is 1. The van der Waals surface area contributed by atoms with E-state index < -0.39 is 12.0 Å². The molecule has 1 aliphatic heterocycles. The number of carbonyl (C=O) groups excluding carboxylic acids is 2. The highest BCUT2D eigenvalue weighted by molar-refractivity contribution is 9.10. The van der Waals surface area contributed by atoms with Gasteiger partial charge in [0, 0.05) is 22.8 Å². The molecule has 3 rings (SSSR count). The molecule has 0 bridgehead atoms. The van der Waals surface area contributed by atoms with E-state index in [1.54, 1.807) is 14.0 Å². The molecule has 1 heterocycles. The Morgan fingerprint density at radius 1 is 1.21 bits per heavy atom. The van der Waals surface area contributed by atoms with Crippen molar-refractivity contribution in [2.45, 2.75) is 19.6 Å². The average molecular weight is 445 g/mol. The van der Waals surface area contributed by atoms with Crippen molar-refractivity contribution in [1.29, 1.82) is 0 Å². The van der Waals surface area contributed by atoms with Crippen LogP contribution < -0.4 is 10.1 Å². The van der Waals surface area contributed by atoms with Crippen LogP contribution in [0.3, 0.4) is 0 Å². The summed E-state index contributed by atoms with van der Waals surface area (Å²) in [6, 6.07) is 14.3. The Kier molecular flexibility index (Phi) is 6.04. The highest BCUT2D eigenvalue weighted by Gasteiger charge is 2.36. The van der Waals surface area contributed by atoms with Gasteiger partial charge in [-0.3, -0.25) is 0 Å². The third kappa shape index (κ3) is 4.04. The summed E-state index contributed by atoms with van der Waals surface area (Å²) in [5.41, 5.74) is 2.59. The minimum Gasteiger partial charge on any atom is -0.489 e. The van der Waals surface area contributed by atoms with E-state index in [0.717, 1.165) is 10.0 Å². The third-order valence-electron chi connectivity index (χ3n) is 4.68. The predicted octanol–water partition coefficient (Wildman–Crippen LogP) is 4.17. The fraction of sp³-hybridized carbons (Fsp3) is 0.238. The topological polar surface area (TPSA) is 67.9 Å². The summed E-state index contributed by atoms with van der Waals surface area (Å²) in [6.45, 7) is 2.09. The molecule has 0 spiro atoms. The summed E-state index contributed by atoms with van der Waals surface area (Å²) >= 11 is 3.46. The lowest BCUT2D eigenvalue weighted by molar-refractivity contribution is -0.136. The van der Waals surface area contributed by atoms with Crippen LogP contribution in [-0.4, -0.2) is 31.1 Å². The Morgan fingerprint density at radius 2 is 1.93 bits per heavy atom. The molecule has 0 saturated heterocycles. The van der Waals surface area contributed by atoms with Crippen LogP contribution in [0.5, 0.6) is 5.75 Å². The number of amides is 2. The summed E-state index contributed by atoms with van der Waals surface area (Å²) in [5, 5.41) is 2.87. The molecule has 2 aromatic carbocycles. The number of nitrogens with one attached hydrogen (secondary N) is 1. The lowest BCUT2D eigenvalue weighted by Crippen LogP contribution is -2.46. The van der Waals surface area contributed by atoms with Gasteiger partial charge < -0.3 is 19.7 Å². The number of urea groups is 1. The van der Waals surface area contributed by atoms with Crippen molar-refractivity contribution in [1.82, 2.24) is 10.2 Å². The van der Waals surface area contributed by atoms with Gasteiger partial charge in [-0.05, 0) is 30.7 Å². The standard InChI is InChI=1S/C21H21BrN2O4/c1-13-18(20(25)27-3)19(23-21(26)24(13)2)16-11-15(22)9-10-17(16)28-12-14-7-5-4-6-8-14/h4-11,19H,12H2,1-3H3,(H,23,26)/t19-/m0/s1. The van der Waals surface area contributed by atoms with Crippen LogP contribution in [0.25, 0.3) is 0 Å². The zero-order valence-corrected chi connectivity index (χ0v) is 17.4. The summed E-state index contributed by atoms with van der Waals surface area (Å²) < 4.78 is 11.8. The van der Waals surface area contributed by atoms with Gasteiger partial charge >= 0.3 is 12.0 Å². The monoisotopic (exact) mass is 444 g/mol. The Labute approximate surface area is 172 Å². The zero-order valence-electron chi connectivity index (χ0n) is 15.9. The predicted molar refractivity (Wildman–Crippen MR) is 109 cm³/mol. The molecule has 28 heavy (non-hydrogen) atoms. The van der Waals surface area contributed by atoms with Crippen LogP contribution in [0.4, 0.5) is 4.79 Å². The van der Waals surface area contributed by atoms with Crippen LogP contribution in [0.2, 0.25) is 0 Å². The molecule has 6 nitrogen and oxygen atoms in total. The molecule has 0 fully saturated rings. The third-order valence-corrected chi connectivity index (χ3v) is 5.17. The second kappa shape index (κ2) is 8.48. The van der Waals surface area contributed by atoms with Crippen molar-refractivity contribution in [3.05, 3.63) is 75.4 Å². The van der Waals surface area contributed by atoms with Gasteiger partial charge in [-0.2, -0.15) is 0 Å². The number of rotatable bonds is 5.